The number of benzene rings is 1. The number of halogens is 1. The van der Waals surface area contributed by atoms with Gasteiger partial charge in [0.05, 0.1) is 6.42 Å². The van der Waals surface area contributed by atoms with Gasteiger partial charge in [-0.2, -0.15) is 0 Å². The quantitative estimate of drug-likeness (QED) is 0.730. The fraction of sp³-hybridized carbons (Fsp3) is 0.429. The molecule has 1 saturated carbocycles. The number of carbonyl (C=O) groups is 1. The van der Waals surface area contributed by atoms with Crippen LogP contribution in [0.1, 0.15) is 36.8 Å². The molecule has 1 aromatic carbocycles. The minimum atomic E-state index is -0.0661. The molecule has 1 aliphatic heterocycles. The first kappa shape index (κ1) is 19.1. The third-order valence-corrected chi connectivity index (χ3v) is 5.68. The minimum absolute atomic E-state index is 0.0661. The van der Waals surface area contributed by atoms with Gasteiger partial charge >= 0.3 is 0 Å². The highest BCUT2D eigenvalue weighted by Crippen LogP contribution is 2.35. The number of hydrogen-bond donors (Lipinski definition) is 1. The van der Waals surface area contributed by atoms with Crippen LogP contribution in [0.2, 0.25) is 0 Å². The van der Waals surface area contributed by atoms with E-state index in [1.165, 1.54) is 12.8 Å². The van der Waals surface area contributed by atoms with Crippen LogP contribution in [-0.4, -0.2) is 30.2 Å². The number of ether oxygens (including phenoxy) is 3. The number of carbonyl (C=O) groups excluding carboxylic acids is 1. The van der Waals surface area contributed by atoms with Crippen molar-refractivity contribution in [2.24, 2.45) is 0 Å². The number of nitrogens with zero attached hydrogens (tertiary/aromatic N) is 1. The van der Waals surface area contributed by atoms with Crippen molar-refractivity contribution in [3.05, 3.63) is 46.1 Å². The summed E-state index contributed by atoms with van der Waals surface area (Å²) in [4.78, 5) is 16.7. The number of rotatable bonds is 6. The Balaban J connectivity index is 1.29. The standard InChI is InChI=1S/C21H23BrN2O4/c22-17-11-19-18(26-7-8-27-19)9-15(17)10-20(25)23-12-14-5-6-21(24-13-14)28-16-3-1-2-4-16/h5-6,9,11,13,16H,1-4,7-8,10,12H2,(H,23,25). The maximum Gasteiger partial charge on any atom is 0.224 e. The fourth-order valence-electron chi connectivity index (χ4n) is 3.44. The molecule has 0 atom stereocenters. The van der Waals surface area contributed by atoms with E-state index < -0.39 is 0 Å². The van der Waals surface area contributed by atoms with Gasteiger partial charge in [0, 0.05) is 23.3 Å². The third-order valence-electron chi connectivity index (χ3n) is 4.94. The first-order valence-corrected chi connectivity index (χ1v) is 10.4. The lowest BCUT2D eigenvalue weighted by atomic mass is 10.1. The number of pyridine rings is 1. The molecule has 0 radical (unpaired) electrons. The molecular formula is C21H23BrN2O4. The first-order chi connectivity index (χ1) is 13.7. The summed E-state index contributed by atoms with van der Waals surface area (Å²) in [6.07, 6.45) is 6.98. The summed E-state index contributed by atoms with van der Waals surface area (Å²) in [6.45, 7) is 1.49. The van der Waals surface area contributed by atoms with E-state index in [0.717, 1.165) is 28.4 Å². The monoisotopic (exact) mass is 446 g/mol. The Bertz CT molecular complexity index is 835. The highest BCUT2D eigenvalue weighted by Gasteiger charge is 2.18. The zero-order valence-corrected chi connectivity index (χ0v) is 17.2. The molecule has 0 spiro atoms. The van der Waals surface area contributed by atoms with Gasteiger partial charge in [-0.15, -0.1) is 0 Å². The Morgan fingerprint density at radius 1 is 1.18 bits per heavy atom. The van der Waals surface area contributed by atoms with E-state index in [2.05, 4.69) is 26.2 Å². The molecule has 1 aromatic heterocycles. The maximum absolute atomic E-state index is 12.4. The summed E-state index contributed by atoms with van der Waals surface area (Å²) in [6, 6.07) is 7.52. The van der Waals surface area contributed by atoms with Gasteiger partial charge < -0.3 is 19.5 Å². The Morgan fingerprint density at radius 3 is 2.64 bits per heavy atom. The van der Waals surface area contributed by atoms with Crippen molar-refractivity contribution >= 4 is 21.8 Å². The summed E-state index contributed by atoms with van der Waals surface area (Å²) in [7, 11) is 0. The highest BCUT2D eigenvalue weighted by atomic mass is 79.9. The molecule has 1 fully saturated rings. The number of fused-ring (bicyclic) bond motifs is 1. The van der Waals surface area contributed by atoms with Crippen molar-refractivity contribution in [2.45, 2.75) is 44.8 Å². The lowest BCUT2D eigenvalue weighted by molar-refractivity contribution is -0.120. The van der Waals surface area contributed by atoms with Crippen LogP contribution in [0.5, 0.6) is 17.4 Å². The average molecular weight is 447 g/mol. The molecular weight excluding hydrogens is 424 g/mol. The fourth-order valence-corrected chi connectivity index (χ4v) is 3.90. The van der Waals surface area contributed by atoms with Crippen molar-refractivity contribution in [1.82, 2.24) is 10.3 Å². The number of aromatic nitrogens is 1. The lowest BCUT2D eigenvalue weighted by Crippen LogP contribution is -2.25. The lowest BCUT2D eigenvalue weighted by Gasteiger charge is -2.19. The minimum Gasteiger partial charge on any atom is -0.486 e. The second-order valence-electron chi connectivity index (χ2n) is 7.07. The van der Waals surface area contributed by atoms with Gasteiger partial charge in [0.1, 0.15) is 19.3 Å². The molecule has 0 unspecified atom stereocenters. The Kier molecular flexibility index (Phi) is 6.00. The summed E-state index contributed by atoms with van der Waals surface area (Å²) in [5.74, 6) is 1.97. The van der Waals surface area contributed by atoms with Crippen molar-refractivity contribution in [3.63, 3.8) is 0 Å². The Labute approximate surface area is 172 Å². The maximum atomic E-state index is 12.4. The van der Waals surface area contributed by atoms with Crippen LogP contribution in [0.25, 0.3) is 0 Å². The molecule has 2 heterocycles. The van der Waals surface area contributed by atoms with Crippen molar-refractivity contribution in [2.75, 3.05) is 13.2 Å². The molecule has 7 heteroatoms. The molecule has 1 amide bonds. The van der Waals surface area contributed by atoms with Crippen LogP contribution in [0.3, 0.4) is 0 Å². The second-order valence-corrected chi connectivity index (χ2v) is 7.92. The van der Waals surface area contributed by atoms with E-state index in [0.29, 0.717) is 43.2 Å². The third kappa shape index (κ3) is 4.76. The molecule has 6 nitrogen and oxygen atoms in total. The van der Waals surface area contributed by atoms with Crippen LogP contribution in [-0.2, 0) is 17.8 Å². The highest BCUT2D eigenvalue weighted by molar-refractivity contribution is 9.10. The zero-order valence-electron chi connectivity index (χ0n) is 15.6. The van der Waals surface area contributed by atoms with Gasteiger partial charge in [0.15, 0.2) is 11.5 Å². The molecule has 2 aromatic rings. The van der Waals surface area contributed by atoms with Crippen molar-refractivity contribution in [1.29, 1.82) is 0 Å². The summed E-state index contributed by atoms with van der Waals surface area (Å²) >= 11 is 3.50. The van der Waals surface area contributed by atoms with E-state index in [4.69, 9.17) is 14.2 Å². The topological polar surface area (TPSA) is 69.7 Å². The van der Waals surface area contributed by atoms with Gasteiger partial charge in [-0.05, 0) is 48.9 Å². The van der Waals surface area contributed by atoms with Crippen molar-refractivity contribution < 1.29 is 19.0 Å². The SMILES string of the molecule is O=C(Cc1cc2c(cc1Br)OCCO2)NCc1ccc(OC2CCCC2)nc1. The molecule has 4 rings (SSSR count). The van der Waals surface area contributed by atoms with Gasteiger partial charge in [0.2, 0.25) is 11.8 Å². The largest absolute Gasteiger partial charge is 0.486 e. The van der Waals surface area contributed by atoms with Crippen LogP contribution in [0, 0.1) is 0 Å². The van der Waals surface area contributed by atoms with E-state index in [-0.39, 0.29) is 12.3 Å². The second kappa shape index (κ2) is 8.82. The molecule has 2 aliphatic rings. The molecule has 148 valence electrons. The zero-order chi connectivity index (χ0) is 19.3. The van der Waals surface area contributed by atoms with Crippen LogP contribution in [0.15, 0.2) is 34.9 Å². The number of nitrogens with one attached hydrogen (secondary N) is 1. The molecule has 1 N–H and O–H groups in total. The van der Waals surface area contributed by atoms with E-state index in [1.54, 1.807) is 6.20 Å². The molecule has 0 bridgehead atoms. The smallest absolute Gasteiger partial charge is 0.224 e. The van der Waals surface area contributed by atoms with Crippen molar-refractivity contribution in [3.8, 4) is 17.4 Å². The summed E-state index contributed by atoms with van der Waals surface area (Å²) in [5, 5.41) is 2.93. The molecule has 0 saturated heterocycles. The van der Waals surface area contributed by atoms with E-state index >= 15 is 0 Å². The van der Waals surface area contributed by atoms with Gasteiger partial charge in [-0.1, -0.05) is 22.0 Å². The predicted octanol–water partition coefficient (Wildman–Crippen LogP) is 3.80. The Hall–Kier alpha value is -2.28. The molecule has 1 aliphatic carbocycles. The van der Waals surface area contributed by atoms with Gasteiger partial charge in [-0.25, -0.2) is 4.98 Å². The number of hydrogen-bond acceptors (Lipinski definition) is 5. The molecule has 28 heavy (non-hydrogen) atoms. The van der Waals surface area contributed by atoms with Gasteiger partial charge in [0.25, 0.3) is 0 Å². The number of amides is 1. The van der Waals surface area contributed by atoms with Crippen LogP contribution < -0.4 is 19.5 Å². The van der Waals surface area contributed by atoms with Gasteiger partial charge in [-0.3, -0.25) is 4.79 Å². The normalized spacial score (nSPS) is 16.0. The summed E-state index contributed by atoms with van der Waals surface area (Å²) < 4.78 is 17.8. The van der Waals surface area contributed by atoms with Crippen LogP contribution >= 0.6 is 15.9 Å². The Morgan fingerprint density at radius 2 is 1.93 bits per heavy atom. The van der Waals surface area contributed by atoms with Crippen LogP contribution in [0.4, 0.5) is 0 Å². The average Bonchev–Trinajstić information content (AvgIpc) is 3.21. The van der Waals surface area contributed by atoms with E-state index in [1.807, 2.05) is 24.3 Å². The predicted molar refractivity (Wildman–Crippen MR) is 108 cm³/mol. The van der Waals surface area contributed by atoms with E-state index in [9.17, 15) is 4.79 Å². The summed E-state index contributed by atoms with van der Waals surface area (Å²) in [5.41, 5.74) is 1.80. The first-order valence-electron chi connectivity index (χ1n) is 9.64.